The summed E-state index contributed by atoms with van der Waals surface area (Å²) in [7, 11) is 0. The van der Waals surface area contributed by atoms with Crippen molar-refractivity contribution in [2.24, 2.45) is 0 Å². The highest BCUT2D eigenvalue weighted by atomic mass is 16.5. The van der Waals surface area contributed by atoms with Gasteiger partial charge in [-0.3, -0.25) is 9.69 Å². The minimum atomic E-state index is -0.427. The largest absolute Gasteiger partial charge is 0.396 e. The van der Waals surface area contributed by atoms with Crippen molar-refractivity contribution in [1.29, 1.82) is 0 Å². The Kier molecular flexibility index (Phi) is 6.17. The zero-order valence-corrected chi connectivity index (χ0v) is 12.5. The number of carbonyl (C=O) groups excluding carboxylic acids is 1. The Morgan fingerprint density at radius 1 is 1.48 bits per heavy atom. The van der Waals surface area contributed by atoms with Gasteiger partial charge in [0.25, 0.3) is 5.91 Å². The molecule has 2 rings (SSSR count). The van der Waals surface area contributed by atoms with Crippen molar-refractivity contribution < 1.29 is 14.6 Å². The van der Waals surface area contributed by atoms with Crippen LogP contribution in [0.1, 0.15) is 24.9 Å². The smallest absolute Gasteiger partial charge is 0.250 e. The van der Waals surface area contributed by atoms with Gasteiger partial charge in [0.05, 0.1) is 12.6 Å². The molecule has 1 aliphatic rings. The number of nitrogens with one attached hydrogen (secondary N) is 1. The van der Waals surface area contributed by atoms with Crippen LogP contribution in [-0.2, 0) is 9.53 Å². The number of carbonyl (C=O) groups is 1. The van der Waals surface area contributed by atoms with Gasteiger partial charge in [-0.25, -0.2) is 0 Å². The summed E-state index contributed by atoms with van der Waals surface area (Å²) in [5.41, 5.74) is 1.00. The summed E-state index contributed by atoms with van der Waals surface area (Å²) in [5, 5.41) is 12.2. The minimum Gasteiger partial charge on any atom is -0.396 e. The Balaban J connectivity index is 1.98. The van der Waals surface area contributed by atoms with E-state index >= 15 is 0 Å². The van der Waals surface area contributed by atoms with Crippen LogP contribution in [0.4, 0.5) is 0 Å². The molecule has 0 spiro atoms. The topological polar surface area (TPSA) is 61.8 Å². The fraction of sp³-hybridized carbons (Fsp3) is 0.562. The second kappa shape index (κ2) is 8.12. The molecule has 0 aliphatic carbocycles. The lowest BCUT2D eigenvalue weighted by molar-refractivity contribution is -0.139. The van der Waals surface area contributed by atoms with Crippen LogP contribution >= 0.6 is 0 Å². The third-order valence-corrected chi connectivity index (χ3v) is 3.83. The first-order valence-electron chi connectivity index (χ1n) is 7.54. The quantitative estimate of drug-likeness (QED) is 0.819. The molecule has 1 fully saturated rings. The van der Waals surface area contributed by atoms with Gasteiger partial charge in [0.1, 0.15) is 6.10 Å². The number of benzene rings is 1. The number of hydrogen-bond acceptors (Lipinski definition) is 4. The molecular formula is C16H24N2O3. The molecule has 5 nitrogen and oxygen atoms in total. The average Bonchev–Trinajstić information content (AvgIpc) is 2.55. The molecule has 2 N–H and O–H groups in total. The number of ether oxygens (including phenoxy) is 1. The Labute approximate surface area is 125 Å². The van der Waals surface area contributed by atoms with Gasteiger partial charge in [-0.2, -0.15) is 0 Å². The van der Waals surface area contributed by atoms with Gasteiger partial charge in [0, 0.05) is 19.7 Å². The lowest BCUT2D eigenvalue weighted by Gasteiger charge is -2.32. The third kappa shape index (κ3) is 4.52. The Morgan fingerprint density at radius 3 is 2.90 bits per heavy atom. The second-order valence-corrected chi connectivity index (χ2v) is 5.24. The third-order valence-electron chi connectivity index (χ3n) is 3.83. The highest BCUT2D eigenvalue weighted by Gasteiger charge is 2.27. The number of aliphatic hydroxyl groups excluding tert-OH is 1. The molecule has 1 saturated heterocycles. The molecule has 21 heavy (non-hydrogen) atoms. The van der Waals surface area contributed by atoms with Crippen LogP contribution in [0.3, 0.4) is 0 Å². The molecule has 1 heterocycles. The van der Waals surface area contributed by atoms with Gasteiger partial charge < -0.3 is 15.2 Å². The van der Waals surface area contributed by atoms with Crippen LogP contribution in [0.15, 0.2) is 30.3 Å². The molecule has 116 valence electrons. The summed E-state index contributed by atoms with van der Waals surface area (Å²) in [6.45, 7) is 5.13. The molecule has 2 atom stereocenters. The van der Waals surface area contributed by atoms with Crippen molar-refractivity contribution in [2.75, 3.05) is 32.8 Å². The van der Waals surface area contributed by atoms with Gasteiger partial charge in [-0.15, -0.1) is 0 Å². The van der Waals surface area contributed by atoms with Crippen LogP contribution in [0.25, 0.3) is 0 Å². The molecule has 0 radical (unpaired) electrons. The van der Waals surface area contributed by atoms with Gasteiger partial charge in [0.15, 0.2) is 0 Å². The van der Waals surface area contributed by atoms with Crippen molar-refractivity contribution in [1.82, 2.24) is 10.2 Å². The Hall–Kier alpha value is -1.43. The summed E-state index contributed by atoms with van der Waals surface area (Å²) in [6.07, 6.45) is 0.0727. The van der Waals surface area contributed by atoms with Gasteiger partial charge in [0.2, 0.25) is 0 Å². The lowest BCUT2D eigenvalue weighted by atomic mass is 10.0. The highest BCUT2D eigenvalue weighted by Crippen LogP contribution is 2.17. The van der Waals surface area contributed by atoms with E-state index in [1.165, 1.54) is 0 Å². The molecule has 5 heteroatoms. The number of hydrogen-bond donors (Lipinski definition) is 2. The van der Waals surface area contributed by atoms with Crippen molar-refractivity contribution in [3.63, 3.8) is 0 Å². The highest BCUT2D eigenvalue weighted by molar-refractivity contribution is 5.81. The molecule has 0 aromatic heterocycles. The number of morpholine rings is 1. The van der Waals surface area contributed by atoms with Crippen LogP contribution in [-0.4, -0.2) is 54.9 Å². The molecule has 0 bridgehead atoms. The first-order valence-corrected chi connectivity index (χ1v) is 7.54. The maximum absolute atomic E-state index is 12.4. The zero-order valence-electron chi connectivity index (χ0n) is 12.5. The fourth-order valence-electron chi connectivity index (χ4n) is 2.55. The minimum absolute atomic E-state index is 0.0342. The van der Waals surface area contributed by atoms with Gasteiger partial charge in [-0.1, -0.05) is 37.3 Å². The SMILES string of the molecule is CCN1CCOC(C(=O)NC(CCO)c2ccccc2)C1. The van der Waals surface area contributed by atoms with Crippen molar-refractivity contribution in [2.45, 2.75) is 25.5 Å². The summed E-state index contributed by atoms with van der Waals surface area (Å²) in [6, 6.07) is 9.54. The van der Waals surface area contributed by atoms with Crippen LogP contribution in [0, 0.1) is 0 Å². The second-order valence-electron chi connectivity index (χ2n) is 5.24. The fourth-order valence-corrected chi connectivity index (χ4v) is 2.55. The maximum atomic E-state index is 12.4. The molecule has 1 aromatic rings. The van der Waals surface area contributed by atoms with E-state index in [4.69, 9.17) is 4.74 Å². The number of amides is 1. The number of nitrogens with zero attached hydrogens (tertiary/aromatic N) is 1. The van der Waals surface area contributed by atoms with E-state index in [0.29, 0.717) is 19.6 Å². The van der Waals surface area contributed by atoms with E-state index in [1.54, 1.807) is 0 Å². The standard InChI is InChI=1S/C16H24N2O3/c1-2-18-9-11-21-15(12-18)16(20)17-14(8-10-19)13-6-4-3-5-7-13/h3-7,14-15,19H,2,8-12H2,1H3,(H,17,20). The predicted molar refractivity (Wildman–Crippen MR) is 80.9 cm³/mol. The maximum Gasteiger partial charge on any atom is 0.250 e. The molecule has 1 aliphatic heterocycles. The van der Waals surface area contributed by atoms with E-state index in [-0.39, 0.29) is 18.6 Å². The molecule has 0 saturated carbocycles. The number of rotatable bonds is 6. The van der Waals surface area contributed by atoms with Crippen LogP contribution in [0.2, 0.25) is 0 Å². The summed E-state index contributed by atoms with van der Waals surface area (Å²) < 4.78 is 5.57. The van der Waals surface area contributed by atoms with E-state index in [0.717, 1.165) is 18.7 Å². The van der Waals surface area contributed by atoms with Gasteiger partial charge >= 0.3 is 0 Å². The monoisotopic (exact) mass is 292 g/mol. The Morgan fingerprint density at radius 2 is 2.24 bits per heavy atom. The van der Waals surface area contributed by atoms with Crippen LogP contribution in [0.5, 0.6) is 0 Å². The number of aliphatic hydroxyl groups is 1. The lowest BCUT2D eigenvalue weighted by Crippen LogP contribution is -2.50. The van der Waals surface area contributed by atoms with Crippen LogP contribution < -0.4 is 5.32 Å². The van der Waals surface area contributed by atoms with Crippen molar-refractivity contribution in [3.05, 3.63) is 35.9 Å². The predicted octanol–water partition coefficient (Wildman–Crippen LogP) is 0.947. The Bertz CT molecular complexity index is 438. The first-order chi connectivity index (χ1) is 10.2. The normalized spacial score (nSPS) is 21.0. The summed E-state index contributed by atoms with van der Waals surface area (Å²) in [4.78, 5) is 14.6. The van der Waals surface area contributed by atoms with Crippen molar-refractivity contribution in [3.8, 4) is 0 Å². The van der Waals surface area contributed by atoms with Gasteiger partial charge in [-0.05, 0) is 18.5 Å². The molecular weight excluding hydrogens is 268 g/mol. The average molecular weight is 292 g/mol. The van der Waals surface area contributed by atoms with E-state index in [9.17, 15) is 9.90 Å². The van der Waals surface area contributed by atoms with E-state index in [2.05, 4.69) is 17.1 Å². The number of likely N-dealkylation sites (N-methyl/N-ethyl adjacent to an activating group) is 1. The molecule has 1 aromatic carbocycles. The van der Waals surface area contributed by atoms with E-state index in [1.807, 2.05) is 30.3 Å². The first kappa shape index (κ1) is 15.9. The van der Waals surface area contributed by atoms with E-state index < -0.39 is 6.10 Å². The molecule has 2 unspecified atom stereocenters. The molecule has 1 amide bonds. The summed E-state index contributed by atoms with van der Waals surface area (Å²) in [5.74, 6) is -0.101. The zero-order chi connectivity index (χ0) is 15.1. The van der Waals surface area contributed by atoms with Crippen molar-refractivity contribution >= 4 is 5.91 Å². The summed E-state index contributed by atoms with van der Waals surface area (Å²) >= 11 is 0.